The van der Waals surface area contributed by atoms with E-state index in [1.165, 1.54) is 26.4 Å². The van der Waals surface area contributed by atoms with E-state index in [1.807, 2.05) is 13.8 Å². The number of likely N-dealkylation sites (tertiary alicyclic amines) is 1. The molecule has 2 aromatic carbocycles. The highest BCUT2D eigenvalue weighted by atomic mass is 32.2. The normalized spacial score (nSPS) is 20.6. The number of rotatable bonds is 16. The first-order valence-electron chi connectivity index (χ1n) is 16.8. The molecule has 2 fully saturated rings. The number of carbonyl (C=O) groups excluding carboxylic acids is 2. The molecule has 2 amide bonds. The largest absolute Gasteiger partial charge is 0.493 e. The summed E-state index contributed by atoms with van der Waals surface area (Å²) in [6.45, 7) is 6.34. The monoisotopic (exact) mass is 702 g/mol. The predicted octanol–water partition coefficient (Wildman–Crippen LogP) is 4.57. The van der Waals surface area contributed by atoms with E-state index in [0.717, 1.165) is 18.6 Å². The molecular formula is C34H46N4O10S. The van der Waals surface area contributed by atoms with Crippen molar-refractivity contribution in [1.82, 2.24) is 9.80 Å². The summed E-state index contributed by atoms with van der Waals surface area (Å²) < 4.78 is 28.9. The van der Waals surface area contributed by atoms with E-state index < -0.39 is 16.9 Å². The van der Waals surface area contributed by atoms with E-state index in [2.05, 4.69) is 5.32 Å². The van der Waals surface area contributed by atoms with Crippen LogP contribution in [0.5, 0.6) is 23.0 Å². The highest BCUT2D eigenvalue weighted by Crippen LogP contribution is 2.39. The van der Waals surface area contributed by atoms with Gasteiger partial charge >= 0.3 is 0 Å². The third-order valence-corrected chi connectivity index (χ3v) is 10.1. The Bertz CT molecular complexity index is 1500. The first-order valence-corrected chi connectivity index (χ1v) is 17.9. The maximum atomic E-state index is 13.7. The second-order valence-electron chi connectivity index (χ2n) is 12.1. The van der Waals surface area contributed by atoms with E-state index in [4.69, 9.17) is 23.7 Å². The van der Waals surface area contributed by atoms with E-state index >= 15 is 0 Å². The summed E-state index contributed by atoms with van der Waals surface area (Å²) in [4.78, 5) is 41.9. The number of ether oxygens (including phenoxy) is 5. The minimum atomic E-state index is -0.567. The molecule has 2 saturated heterocycles. The zero-order valence-electron chi connectivity index (χ0n) is 28.5. The van der Waals surface area contributed by atoms with Gasteiger partial charge < -0.3 is 43.9 Å². The molecule has 5 rings (SSSR count). The Morgan fingerprint density at radius 2 is 1.78 bits per heavy atom. The van der Waals surface area contributed by atoms with Crippen LogP contribution in [0.25, 0.3) is 0 Å². The number of benzene rings is 2. The van der Waals surface area contributed by atoms with Crippen molar-refractivity contribution in [2.45, 2.75) is 69.6 Å². The first-order chi connectivity index (χ1) is 23.7. The maximum absolute atomic E-state index is 13.7. The number of amides is 2. The van der Waals surface area contributed by atoms with Gasteiger partial charge in [0.05, 0.1) is 67.9 Å². The number of aliphatic hydroxyl groups is 1. The van der Waals surface area contributed by atoms with E-state index in [-0.39, 0.29) is 52.8 Å². The number of nitrogens with zero attached hydrogens (tertiary/aromatic N) is 3. The fraction of sp³-hybridized carbons (Fsp3) is 0.588. The number of nitro benzene ring substituents is 1. The molecule has 3 aliphatic rings. The smallest absolute Gasteiger partial charge is 0.286 e. The fourth-order valence-corrected chi connectivity index (χ4v) is 7.73. The van der Waals surface area contributed by atoms with Crippen LogP contribution in [-0.2, 0) is 4.74 Å². The lowest BCUT2D eigenvalue weighted by Crippen LogP contribution is -2.43. The van der Waals surface area contributed by atoms with Crippen LogP contribution in [-0.4, -0.2) is 115 Å². The van der Waals surface area contributed by atoms with Crippen LogP contribution in [0.1, 0.15) is 66.7 Å². The van der Waals surface area contributed by atoms with Gasteiger partial charge in [-0.25, -0.2) is 0 Å². The molecule has 49 heavy (non-hydrogen) atoms. The number of hydrogen-bond donors (Lipinski definition) is 2. The average molecular weight is 703 g/mol. The predicted molar refractivity (Wildman–Crippen MR) is 184 cm³/mol. The van der Waals surface area contributed by atoms with Gasteiger partial charge in [0.15, 0.2) is 23.0 Å². The molecule has 4 atom stereocenters. The number of fused-ring (bicyclic) bond motifs is 2. The summed E-state index contributed by atoms with van der Waals surface area (Å²) in [7, 11) is 2.94. The molecule has 0 aromatic heterocycles. The van der Waals surface area contributed by atoms with Gasteiger partial charge in [0, 0.05) is 38.4 Å². The molecule has 268 valence electrons. The van der Waals surface area contributed by atoms with Crippen molar-refractivity contribution in [3.63, 3.8) is 0 Å². The van der Waals surface area contributed by atoms with Gasteiger partial charge in [0.25, 0.3) is 17.5 Å². The summed E-state index contributed by atoms with van der Waals surface area (Å²) in [5.74, 6) is 1.56. The van der Waals surface area contributed by atoms with Gasteiger partial charge in [-0.15, -0.1) is 11.8 Å². The molecule has 2 aromatic rings. The summed E-state index contributed by atoms with van der Waals surface area (Å²) >= 11 is 1.63. The number of unbranched alkanes of at least 4 members (excludes halogenated alkanes) is 1. The van der Waals surface area contributed by atoms with Gasteiger partial charge in [-0.3, -0.25) is 19.7 Å². The van der Waals surface area contributed by atoms with Crippen molar-refractivity contribution in [2.75, 3.05) is 64.7 Å². The molecular weight excluding hydrogens is 656 g/mol. The molecule has 0 spiro atoms. The lowest BCUT2D eigenvalue weighted by Gasteiger charge is -2.31. The van der Waals surface area contributed by atoms with Gasteiger partial charge in [0.2, 0.25) is 0 Å². The fourth-order valence-electron chi connectivity index (χ4n) is 6.67. The van der Waals surface area contributed by atoms with E-state index in [0.29, 0.717) is 74.9 Å². The van der Waals surface area contributed by atoms with Crippen molar-refractivity contribution in [3.8, 4) is 23.0 Å². The highest BCUT2D eigenvalue weighted by molar-refractivity contribution is 7.99. The highest BCUT2D eigenvalue weighted by Gasteiger charge is 2.39. The molecule has 0 bridgehead atoms. The Morgan fingerprint density at radius 1 is 1.08 bits per heavy atom. The van der Waals surface area contributed by atoms with Crippen LogP contribution in [0.4, 0.5) is 11.4 Å². The molecule has 0 radical (unpaired) electrons. The van der Waals surface area contributed by atoms with Crippen LogP contribution < -0.4 is 24.3 Å². The second kappa shape index (κ2) is 16.6. The number of aliphatic hydroxyl groups excluding tert-OH is 1. The molecule has 15 heteroatoms. The Hall–Kier alpha value is -3.95. The summed E-state index contributed by atoms with van der Waals surface area (Å²) in [6, 6.07) is 5.81. The van der Waals surface area contributed by atoms with Gasteiger partial charge in [-0.1, -0.05) is 6.92 Å². The summed E-state index contributed by atoms with van der Waals surface area (Å²) in [6.07, 6.45) is 2.71. The number of nitrogens with one attached hydrogen (secondary N) is 1. The maximum Gasteiger partial charge on any atom is 0.286 e. The Labute approximate surface area is 290 Å². The van der Waals surface area contributed by atoms with Gasteiger partial charge in [-0.2, -0.15) is 0 Å². The lowest BCUT2D eigenvalue weighted by molar-refractivity contribution is -0.385. The Kier molecular flexibility index (Phi) is 12.3. The molecule has 3 heterocycles. The van der Waals surface area contributed by atoms with Crippen LogP contribution in [0.3, 0.4) is 0 Å². The van der Waals surface area contributed by atoms with Crippen LogP contribution in [0, 0.1) is 10.1 Å². The minimum Gasteiger partial charge on any atom is -0.493 e. The van der Waals surface area contributed by atoms with Crippen molar-refractivity contribution >= 4 is 35.0 Å². The van der Waals surface area contributed by atoms with Crippen LogP contribution in [0.15, 0.2) is 24.3 Å². The third-order valence-electron chi connectivity index (χ3n) is 9.01. The number of nitro groups is 1. The van der Waals surface area contributed by atoms with Crippen molar-refractivity contribution in [2.24, 2.45) is 0 Å². The first kappa shape index (κ1) is 36.3. The standard InChI is InChI=1S/C34H46N4O10S/c1-5-46-34(49-6-2)26-10-9-11-36(26)33(41)24-16-29(45-4)31(18-27(24)38(42)43)48-13-8-7-12-47-30-17-25-23(15-28(30)44-3)32(40)37-20-22(39)14-21(37)19-35-25/h15-18,21-22,26,34-35,39H,5-14,19-20H2,1-4H3/t21-,22+,26?,34?/m0/s1. The van der Waals surface area contributed by atoms with Crippen molar-refractivity contribution < 1.29 is 43.3 Å². The number of anilines is 1. The van der Waals surface area contributed by atoms with Crippen LogP contribution in [0.2, 0.25) is 0 Å². The molecule has 2 N–H and O–H groups in total. The Morgan fingerprint density at radius 3 is 2.43 bits per heavy atom. The number of carbonyl (C=O) groups is 2. The molecule has 0 saturated carbocycles. The third kappa shape index (κ3) is 8.10. The van der Waals surface area contributed by atoms with Crippen molar-refractivity contribution in [1.29, 1.82) is 0 Å². The average Bonchev–Trinajstić information content (AvgIpc) is 3.71. The van der Waals surface area contributed by atoms with Crippen molar-refractivity contribution in [3.05, 3.63) is 45.5 Å². The van der Waals surface area contributed by atoms with E-state index in [1.54, 1.807) is 33.7 Å². The minimum absolute atomic E-state index is 0.0462. The van der Waals surface area contributed by atoms with E-state index in [9.17, 15) is 24.8 Å². The zero-order chi connectivity index (χ0) is 35.1. The lowest BCUT2D eigenvalue weighted by atomic mass is 10.1. The van der Waals surface area contributed by atoms with Gasteiger partial charge in [-0.05, 0) is 50.8 Å². The number of methoxy groups -OCH3 is 2. The summed E-state index contributed by atoms with van der Waals surface area (Å²) in [5.41, 5.74) is 0.523. The zero-order valence-corrected chi connectivity index (χ0v) is 29.3. The molecule has 14 nitrogen and oxygen atoms in total. The molecule has 3 aliphatic heterocycles. The Balaban J connectivity index is 1.20. The number of hydrogen-bond acceptors (Lipinski definition) is 12. The SMILES string of the molecule is CCOC(SCC)C1CCCN1C(=O)c1cc(OC)c(OCCCCOc2cc3c(cc2OC)C(=O)N2C[C@H](O)C[C@H]2CN3)cc1[N+](=O)[O-]. The summed E-state index contributed by atoms with van der Waals surface area (Å²) in [5, 5.41) is 25.5. The quantitative estimate of drug-likeness (QED) is 0.109. The molecule has 2 unspecified atom stereocenters. The van der Waals surface area contributed by atoms with Crippen LogP contribution >= 0.6 is 11.8 Å². The topological polar surface area (TPSA) is 162 Å². The van der Waals surface area contributed by atoms with Gasteiger partial charge in [0.1, 0.15) is 11.0 Å². The molecule has 0 aliphatic carbocycles. The second-order valence-corrected chi connectivity index (χ2v) is 13.5. The number of thioether (sulfide) groups is 1.